The summed E-state index contributed by atoms with van der Waals surface area (Å²) in [5, 5.41) is 5.70. The molecule has 0 saturated heterocycles. The van der Waals surface area contributed by atoms with E-state index in [1.54, 1.807) is 7.05 Å². The highest BCUT2D eigenvalue weighted by Crippen LogP contribution is 1.89. The molecule has 0 aromatic heterocycles. The van der Waals surface area contributed by atoms with Crippen LogP contribution < -0.4 is 10.6 Å². The Morgan fingerprint density at radius 3 is 2.46 bits per heavy atom. The highest BCUT2D eigenvalue weighted by molar-refractivity contribution is 5.77. The Hall–Kier alpha value is -0.610. The molecule has 0 aromatic carbocycles. The van der Waals surface area contributed by atoms with Crippen LogP contribution in [0.1, 0.15) is 13.3 Å². The molecule has 0 rings (SSSR count). The molecule has 0 unspecified atom stereocenters. The number of hydrogen-bond donors (Lipinski definition) is 2. The first-order valence-corrected chi connectivity index (χ1v) is 4.82. The minimum absolute atomic E-state index is 0.0875. The molecule has 0 aliphatic rings. The van der Waals surface area contributed by atoms with E-state index in [2.05, 4.69) is 22.5 Å². The van der Waals surface area contributed by atoms with Crippen molar-refractivity contribution in [3.8, 4) is 0 Å². The number of likely N-dealkylation sites (N-methyl/N-ethyl adjacent to an activating group) is 2. The van der Waals surface area contributed by atoms with Gasteiger partial charge in [-0.3, -0.25) is 9.69 Å². The summed E-state index contributed by atoms with van der Waals surface area (Å²) in [6.45, 7) is 5.46. The molecule has 4 heteroatoms. The van der Waals surface area contributed by atoms with Crippen LogP contribution in [0, 0.1) is 0 Å². The lowest BCUT2D eigenvalue weighted by Crippen LogP contribution is -2.39. The van der Waals surface area contributed by atoms with Crippen molar-refractivity contribution in [3.63, 3.8) is 0 Å². The molecule has 0 aliphatic carbocycles. The number of carbonyl (C=O) groups is 1. The van der Waals surface area contributed by atoms with Gasteiger partial charge in [0.1, 0.15) is 0 Å². The molecule has 0 heterocycles. The van der Waals surface area contributed by atoms with E-state index in [4.69, 9.17) is 0 Å². The summed E-state index contributed by atoms with van der Waals surface area (Å²) >= 11 is 0. The zero-order valence-electron chi connectivity index (χ0n) is 8.89. The van der Waals surface area contributed by atoms with Gasteiger partial charge in [0.05, 0.1) is 6.54 Å². The molecule has 4 nitrogen and oxygen atoms in total. The molecule has 78 valence electrons. The van der Waals surface area contributed by atoms with Crippen molar-refractivity contribution >= 4 is 5.91 Å². The van der Waals surface area contributed by atoms with Crippen LogP contribution in [0.2, 0.25) is 0 Å². The molecule has 2 N–H and O–H groups in total. The van der Waals surface area contributed by atoms with Crippen LogP contribution in [-0.4, -0.2) is 51.1 Å². The monoisotopic (exact) mass is 187 g/mol. The number of hydrogen-bond acceptors (Lipinski definition) is 3. The predicted molar refractivity (Wildman–Crippen MR) is 54.7 cm³/mol. The number of rotatable bonds is 7. The summed E-state index contributed by atoms with van der Waals surface area (Å²) in [7, 11) is 3.59. The summed E-state index contributed by atoms with van der Waals surface area (Å²) in [6, 6.07) is 0. The second-order valence-corrected chi connectivity index (χ2v) is 3.05. The Kier molecular flexibility index (Phi) is 7.63. The molecule has 0 atom stereocenters. The third-order valence-corrected chi connectivity index (χ3v) is 1.86. The summed E-state index contributed by atoms with van der Waals surface area (Å²) in [5.74, 6) is 0.0875. The van der Waals surface area contributed by atoms with Crippen molar-refractivity contribution in [1.82, 2.24) is 15.5 Å². The fourth-order valence-corrected chi connectivity index (χ4v) is 1.14. The van der Waals surface area contributed by atoms with Gasteiger partial charge < -0.3 is 10.6 Å². The Balaban J connectivity index is 3.71. The van der Waals surface area contributed by atoms with Crippen molar-refractivity contribution in [2.75, 3.05) is 40.3 Å². The lowest BCUT2D eigenvalue weighted by Gasteiger charge is -2.20. The number of nitrogens with zero attached hydrogens (tertiary/aromatic N) is 1. The number of nitrogens with one attached hydrogen (secondary N) is 2. The highest BCUT2D eigenvalue weighted by Gasteiger charge is 2.06. The van der Waals surface area contributed by atoms with Crippen molar-refractivity contribution in [3.05, 3.63) is 0 Å². The maximum absolute atomic E-state index is 11.1. The van der Waals surface area contributed by atoms with Crippen LogP contribution in [0.15, 0.2) is 0 Å². The molecule has 0 spiro atoms. The standard InChI is InChI=1S/C9H21N3O/c1-4-6-12(7-5-10-2)8-9(13)11-3/h10H,4-8H2,1-3H3,(H,11,13). The molecule has 0 radical (unpaired) electrons. The van der Waals surface area contributed by atoms with E-state index in [1.807, 2.05) is 7.05 Å². The fourth-order valence-electron chi connectivity index (χ4n) is 1.14. The molecule has 13 heavy (non-hydrogen) atoms. The average molecular weight is 187 g/mol. The van der Waals surface area contributed by atoms with Gasteiger partial charge in [-0.2, -0.15) is 0 Å². The normalized spacial score (nSPS) is 10.5. The Morgan fingerprint density at radius 2 is 2.00 bits per heavy atom. The van der Waals surface area contributed by atoms with E-state index >= 15 is 0 Å². The SMILES string of the molecule is CCCN(CCNC)CC(=O)NC. The average Bonchev–Trinajstić information content (AvgIpc) is 2.14. The lowest BCUT2D eigenvalue weighted by atomic mass is 10.4. The van der Waals surface area contributed by atoms with Crippen molar-refractivity contribution in [2.24, 2.45) is 0 Å². The van der Waals surface area contributed by atoms with Crippen LogP contribution in [0.3, 0.4) is 0 Å². The first-order chi connectivity index (χ1) is 6.24. The smallest absolute Gasteiger partial charge is 0.233 e. The molecule has 0 bridgehead atoms. The van der Waals surface area contributed by atoms with Gasteiger partial charge in [-0.05, 0) is 20.0 Å². The van der Waals surface area contributed by atoms with E-state index in [9.17, 15) is 4.79 Å². The van der Waals surface area contributed by atoms with E-state index < -0.39 is 0 Å². The third-order valence-electron chi connectivity index (χ3n) is 1.86. The Labute approximate surface area is 80.7 Å². The van der Waals surface area contributed by atoms with Gasteiger partial charge in [0.15, 0.2) is 0 Å². The zero-order valence-corrected chi connectivity index (χ0v) is 8.89. The van der Waals surface area contributed by atoms with Gasteiger partial charge in [-0.1, -0.05) is 6.92 Å². The topological polar surface area (TPSA) is 44.4 Å². The van der Waals surface area contributed by atoms with E-state index in [1.165, 1.54) is 0 Å². The van der Waals surface area contributed by atoms with Crippen molar-refractivity contribution in [1.29, 1.82) is 0 Å². The second-order valence-electron chi connectivity index (χ2n) is 3.05. The van der Waals surface area contributed by atoms with Crippen LogP contribution in [0.25, 0.3) is 0 Å². The van der Waals surface area contributed by atoms with Gasteiger partial charge in [0.25, 0.3) is 0 Å². The Bertz CT molecular complexity index is 139. The molecule has 0 aliphatic heterocycles. The summed E-state index contributed by atoms with van der Waals surface area (Å²) in [4.78, 5) is 13.2. The fraction of sp³-hybridized carbons (Fsp3) is 0.889. The summed E-state index contributed by atoms with van der Waals surface area (Å²) in [5.41, 5.74) is 0. The summed E-state index contributed by atoms with van der Waals surface area (Å²) < 4.78 is 0. The molecular formula is C9H21N3O. The van der Waals surface area contributed by atoms with Crippen molar-refractivity contribution in [2.45, 2.75) is 13.3 Å². The van der Waals surface area contributed by atoms with E-state index in [0.717, 1.165) is 26.1 Å². The summed E-state index contributed by atoms with van der Waals surface area (Å²) in [6.07, 6.45) is 1.08. The maximum atomic E-state index is 11.1. The minimum Gasteiger partial charge on any atom is -0.358 e. The van der Waals surface area contributed by atoms with Crippen molar-refractivity contribution < 1.29 is 4.79 Å². The Morgan fingerprint density at radius 1 is 1.31 bits per heavy atom. The number of amides is 1. The lowest BCUT2D eigenvalue weighted by molar-refractivity contribution is -0.121. The number of carbonyl (C=O) groups excluding carboxylic acids is 1. The van der Waals surface area contributed by atoms with E-state index in [-0.39, 0.29) is 5.91 Å². The highest BCUT2D eigenvalue weighted by atomic mass is 16.1. The van der Waals surface area contributed by atoms with Crippen LogP contribution in [-0.2, 0) is 4.79 Å². The maximum Gasteiger partial charge on any atom is 0.233 e. The van der Waals surface area contributed by atoms with Gasteiger partial charge in [0.2, 0.25) is 5.91 Å². The first-order valence-electron chi connectivity index (χ1n) is 4.82. The van der Waals surface area contributed by atoms with Gasteiger partial charge in [-0.15, -0.1) is 0 Å². The van der Waals surface area contributed by atoms with Gasteiger partial charge in [-0.25, -0.2) is 0 Å². The minimum atomic E-state index is 0.0875. The third kappa shape index (κ3) is 6.54. The largest absolute Gasteiger partial charge is 0.358 e. The zero-order chi connectivity index (χ0) is 10.1. The van der Waals surface area contributed by atoms with E-state index in [0.29, 0.717) is 6.54 Å². The van der Waals surface area contributed by atoms with Gasteiger partial charge >= 0.3 is 0 Å². The molecule has 0 saturated carbocycles. The van der Waals surface area contributed by atoms with Crippen LogP contribution >= 0.6 is 0 Å². The molecule has 1 amide bonds. The predicted octanol–water partition coefficient (Wildman–Crippen LogP) is -0.336. The van der Waals surface area contributed by atoms with Gasteiger partial charge in [0, 0.05) is 20.1 Å². The molecule has 0 fully saturated rings. The molecule has 0 aromatic rings. The van der Waals surface area contributed by atoms with Crippen LogP contribution in [0.5, 0.6) is 0 Å². The molecular weight excluding hydrogens is 166 g/mol. The second kappa shape index (κ2) is 8.01. The quantitative estimate of drug-likeness (QED) is 0.573. The van der Waals surface area contributed by atoms with Crippen LogP contribution in [0.4, 0.5) is 0 Å². The first kappa shape index (κ1) is 12.4.